The average Bonchev–Trinajstić information content (AvgIpc) is 3.69. The van der Waals surface area contributed by atoms with Crippen LogP contribution < -0.4 is 34.7 Å². The average molecular weight is 875 g/mol. The van der Waals surface area contributed by atoms with Gasteiger partial charge in [0.1, 0.15) is 0 Å². The van der Waals surface area contributed by atoms with E-state index in [1.165, 1.54) is 0 Å². The smallest absolute Gasteiger partial charge is 0.550 e. The van der Waals surface area contributed by atoms with E-state index in [4.69, 9.17) is 33.2 Å². The quantitative estimate of drug-likeness (QED) is 0.161. The summed E-state index contributed by atoms with van der Waals surface area (Å²) in [6.45, 7) is 20.4. The molecular formula is C46H75NaO14. The fourth-order valence-corrected chi connectivity index (χ4v) is 11.5. The first-order valence-electron chi connectivity index (χ1n) is 22.8. The maximum absolute atomic E-state index is 13.3. The Morgan fingerprint density at radius 2 is 1.59 bits per heavy atom. The van der Waals surface area contributed by atoms with Crippen LogP contribution in [0.25, 0.3) is 0 Å². The molecular weight excluding hydrogens is 799 g/mol. The molecule has 1 unspecified atom stereocenters. The summed E-state index contributed by atoms with van der Waals surface area (Å²) >= 11 is 0. The van der Waals surface area contributed by atoms with E-state index in [-0.39, 0.29) is 95.9 Å². The van der Waals surface area contributed by atoms with Gasteiger partial charge >= 0.3 is 29.6 Å². The number of ketones is 1. The third-order valence-corrected chi connectivity index (χ3v) is 15.6. The van der Waals surface area contributed by atoms with E-state index in [0.29, 0.717) is 50.5 Å². The van der Waals surface area contributed by atoms with Crippen molar-refractivity contribution in [3.8, 4) is 0 Å². The van der Waals surface area contributed by atoms with E-state index in [1.807, 2.05) is 40.7 Å². The molecule has 6 rings (SSSR count). The molecule has 0 aromatic rings. The van der Waals surface area contributed by atoms with Crippen molar-refractivity contribution in [2.45, 2.75) is 212 Å². The van der Waals surface area contributed by atoms with Crippen LogP contribution in [0.3, 0.4) is 0 Å². The molecule has 0 amide bonds. The molecule has 4 N–H and O–H groups in total. The van der Waals surface area contributed by atoms with Crippen LogP contribution in [-0.2, 0) is 42.7 Å². The molecule has 6 aliphatic heterocycles. The number of aliphatic carboxylic acids is 1. The summed E-state index contributed by atoms with van der Waals surface area (Å²) in [6, 6.07) is 0. The second-order valence-electron chi connectivity index (χ2n) is 20.4. The number of hydrogen-bond acceptors (Lipinski definition) is 14. The number of hydrogen-bond donors (Lipinski definition) is 4. The Labute approximate surface area is 385 Å². The van der Waals surface area contributed by atoms with Crippen molar-refractivity contribution >= 4 is 11.8 Å². The van der Waals surface area contributed by atoms with E-state index in [9.17, 15) is 35.1 Å². The van der Waals surface area contributed by atoms with Crippen molar-refractivity contribution in [2.75, 3.05) is 6.61 Å². The molecule has 6 heterocycles. The van der Waals surface area contributed by atoms with Gasteiger partial charge in [-0.3, -0.25) is 4.79 Å². The molecule has 14 nitrogen and oxygen atoms in total. The van der Waals surface area contributed by atoms with Crippen LogP contribution in [0.4, 0.5) is 0 Å². The minimum absolute atomic E-state index is 0. The number of carbonyl (C=O) groups is 2. The fourth-order valence-electron chi connectivity index (χ4n) is 11.5. The predicted molar refractivity (Wildman–Crippen MR) is 216 cm³/mol. The summed E-state index contributed by atoms with van der Waals surface area (Å²) in [5, 5.41) is 54.7. The third-order valence-electron chi connectivity index (χ3n) is 15.6. The number of Topliss-reactive ketones (excluding diaryl/α,β-unsaturated/α-hetero) is 1. The summed E-state index contributed by atoms with van der Waals surface area (Å²) < 4.78 is 47.7. The second kappa shape index (κ2) is 19.7. The zero-order valence-corrected chi connectivity index (χ0v) is 40.8. The number of aliphatic hydroxyl groups is 4. The van der Waals surface area contributed by atoms with Gasteiger partial charge in [-0.1, -0.05) is 61.5 Å². The number of aliphatic hydroxyl groups excluding tert-OH is 3. The monoisotopic (exact) mass is 875 g/mol. The first-order valence-corrected chi connectivity index (χ1v) is 22.8. The Kier molecular flexibility index (Phi) is 16.6. The minimum Gasteiger partial charge on any atom is -0.550 e. The van der Waals surface area contributed by atoms with Gasteiger partial charge in [0.2, 0.25) is 0 Å². The van der Waals surface area contributed by atoms with Gasteiger partial charge in [0.25, 0.3) is 0 Å². The first kappa shape index (κ1) is 51.4. The van der Waals surface area contributed by atoms with Crippen LogP contribution in [-0.4, -0.2) is 117 Å². The van der Waals surface area contributed by atoms with Gasteiger partial charge in [-0.2, -0.15) is 0 Å². The Hall–Kier alpha value is -0.560. The summed E-state index contributed by atoms with van der Waals surface area (Å²) in [7, 11) is 0. The fraction of sp³-hybridized carbons (Fsp3) is 0.913. The van der Waals surface area contributed by atoms with Crippen LogP contribution in [0.15, 0.2) is 11.6 Å². The number of ether oxygens (including phenoxy) is 7. The van der Waals surface area contributed by atoms with Crippen molar-refractivity contribution in [3.05, 3.63) is 11.6 Å². The maximum Gasteiger partial charge on any atom is 1.00 e. The number of carboxylic acids is 1. The molecule has 6 fully saturated rings. The van der Waals surface area contributed by atoms with Crippen LogP contribution >= 0.6 is 0 Å². The minimum atomic E-state index is -1.68. The molecule has 0 aliphatic carbocycles. The summed E-state index contributed by atoms with van der Waals surface area (Å²) in [5.41, 5.74) is -0.378. The number of carbonyl (C=O) groups excluding carboxylic acids is 2. The van der Waals surface area contributed by atoms with Crippen molar-refractivity contribution in [1.82, 2.24) is 0 Å². The van der Waals surface area contributed by atoms with Gasteiger partial charge in [-0.05, 0) is 70.3 Å². The zero-order chi connectivity index (χ0) is 44.3. The number of allylic oxidation sites excluding steroid dienone is 1. The number of rotatable bonds is 12. The zero-order valence-electron chi connectivity index (χ0n) is 38.8. The predicted octanol–water partition coefficient (Wildman–Crippen LogP) is 1.16. The first-order chi connectivity index (χ1) is 28.0. The molecule has 0 bridgehead atoms. The molecule has 0 saturated carbocycles. The summed E-state index contributed by atoms with van der Waals surface area (Å²) in [4.78, 5) is 24.7. The van der Waals surface area contributed by atoms with Gasteiger partial charge in [-0.15, -0.1) is 0 Å². The SMILES string of the molecule is C/C(=C\[C@H](C)[C@H]1O[C@@]2(CC[C@@](C)([C@H]3C[C@H](OC4CC[C@H](O)[C@@H](C)O4)[C@@H](C)[C@@]4(O[C@@H]([C@H]5O[C@@](O)(CO)[C@H](C)C[C@@H]5C)C[C@@H]4C)O3)O2)C[C@H](O)[C@H]1C)C(=O)[C@H](C)C[C@H](C)C(=O)[O-].[Na+]. The molecule has 2 spiro atoms. The van der Waals surface area contributed by atoms with Gasteiger partial charge in [0, 0.05) is 67.2 Å². The van der Waals surface area contributed by atoms with Crippen molar-refractivity contribution < 1.29 is 97.8 Å². The molecule has 6 aliphatic rings. The molecule has 21 atom stereocenters. The topological polar surface area (TPSA) is 203 Å². The molecule has 344 valence electrons. The molecule has 6 saturated heterocycles. The summed E-state index contributed by atoms with van der Waals surface area (Å²) in [6.07, 6.45) is 1.62. The largest absolute Gasteiger partial charge is 1.00 e. The Bertz CT molecular complexity index is 1570. The molecule has 61 heavy (non-hydrogen) atoms. The van der Waals surface area contributed by atoms with E-state index >= 15 is 0 Å². The number of carboxylic acid groups (broad SMARTS) is 1. The van der Waals surface area contributed by atoms with Crippen LogP contribution in [0.5, 0.6) is 0 Å². The van der Waals surface area contributed by atoms with Gasteiger partial charge in [0.05, 0.1) is 61.0 Å². The second-order valence-corrected chi connectivity index (χ2v) is 20.4. The Balaban J connectivity index is 0.00000704. The molecule has 15 heteroatoms. The van der Waals surface area contributed by atoms with Crippen LogP contribution in [0.1, 0.15) is 134 Å². The Morgan fingerprint density at radius 1 is 0.902 bits per heavy atom. The van der Waals surface area contributed by atoms with E-state index in [2.05, 4.69) is 20.8 Å². The van der Waals surface area contributed by atoms with Gasteiger partial charge in [0.15, 0.2) is 29.4 Å². The third kappa shape index (κ3) is 10.4. The van der Waals surface area contributed by atoms with Crippen molar-refractivity contribution in [2.24, 2.45) is 47.3 Å². The van der Waals surface area contributed by atoms with Gasteiger partial charge in [-0.25, -0.2) is 0 Å². The molecule has 0 aromatic carbocycles. The maximum atomic E-state index is 13.3. The normalized spacial score (nSPS) is 48.4. The van der Waals surface area contributed by atoms with E-state index in [0.717, 1.165) is 0 Å². The van der Waals surface area contributed by atoms with Gasteiger partial charge < -0.3 is 63.5 Å². The van der Waals surface area contributed by atoms with Crippen LogP contribution in [0, 0.1) is 47.3 Å². The van der Waals surface area contributed by atoms with Crippen molar-refractivity contribution in [1.29, 1.82) is 0 Å². The summed E-state index contributed by atoms with van der Waals surface area (Å²) in [5.74, 6) is -7.63. The molecule has 0 aromatic heterocycles. The van der Waals surface area contributed by atoms with Crippen molar-refractivity contribution in [3.63, 3.8) is 0 Å². The van der Waals surface area contributed by atoms with E-state index < -0.39 is 90.3 Å². The van der Waals surface area contributed by atoms with Crippen LogP contribution in [0.2, 0.25) is 0 Å². The van der Waals surface area contributed by atoms with E-state index in [1.54, 1.807) is 20.8 Å². The molecule has 0 radical (unpaired) electrons. The standard InChI is InChI=1S/C46H76O14.Na/c1-23(39(50)24(2)17-27(5)42(51)52)16-25(3)40-30(8)34(49)21-44(58-40)15-14-43(11,60-44)37-20-35(55-38-13-12-33(48)32(10)54-38)31(9)46(57-37)29(7)19-36(56-46)41-26(4)18-28(6)45(53,22-47)59-41;/h16,24-38,40-41,47-49,53H,12-15,17-22H2,1-11H3,(H,51,52);/q;+1/p-1/b23-16+;/t24-,25+,26+,27+,28-,29+,30-,31-,32-,33+,34+,35+,36-,37-,38?,40-,41+,43+,44-,45+,46+;/m1./s1. The Morgan fingerprint density at radius 3 is 2.23 bits per heavy atom.